The Morgan fingerprint density at radius 3 is 2.88 bits per heavy atom. The van der Waals surface area contributed by atoms with Crippen molar-refractivity contribution in [1.82, 2.24) is 0 Å². The minimum atomic E-state index is 0.340. The molecule has 0 radical (unpaired) electrons. The topological polar surface area (TPSA) is 21.3 Å². The van der Waals surface area contributed by atoms with Gasteiger partial charge in [-0.3, -0.25) is 0 Å². The lowest BCUT2D eigenvalue weighted by Gasteiger charge is -2.38. The largest absolute Gasteiger partial charge is 0.489 e. The molecule has 0 spiro atoms. The molecule has 0 aromatic heterocycles. The molecule has 2 aliphatic heterocycles. The van der Waals surface area contributed by atoms with E-state index < -0.39 is 0 Å². The Morgan fingerprint density at radius 1 is 1.12 bits per heavy atom. The van der Waals surface area contributed by atoms with Crippen molar-refractivity contribution in [2.75, 3.05) is 16.8 Å². The van der Waals surface area contributed by atoms with Gasteiger partial charge in [-0.1, -0.05) is 24.3 Å². The Morgan fingerprint density at radius 2 is 2.04 bits per heavy atom. The smallest absolute Gasteiger partial charge is 0.120 e. The third-order valence-electron chi connectivity index (χ3n) is 5.45. The number of thioether (sulfide) groups is 1. The monoisotopic (exact) mass is 461 g/mol. The molecule has 1 fully saturated rings. The van der Waals surface area contributed by atoms with Crippen LogP contribution in [-0.4, -0.2) is 17.6 Å². The molecule has 0 bridgehead atoms. The second kappa shape index (κ2) is 6.54. The molecule has 25 heavy (non-hydrogen) atoms. The number of anilines is 1. The molecule has 2 heterocycles. The third-order valence-corrected chi connectivity index (χ3v) is 7.34. The van der Waals surface area contributed by atoms with Crippen LogP contribution in [0.25, 0.3) is 0 Å². The van der Waals surface area contributed by atoms with Gasteiger partial charge in [-0.05, 0) is 76.4 Å². The molecule has 0 saturated carbocycles. The molecular formula is C21H20INOS. The van der Waals surface area contributed by atoms with Crippen molar-refractivity contribution in [2.24, 2.45) is 5.92 Å². The quantitative estimate of drug-likeness (QED) is 0.474. The minimum Gasteiger partial charge on any atom is -0.489 e. The normalized spacial score (nSPS) is 27.2. The van der Waals surface area contributed by atoms with Gasteiger partial charge < -0.3 is 10.1 Å². The SMILES string of the molecule is Ic1ccc2c(c1)[C@@H]1C=CC[C@@H]1[C@H](c1cccc(OC3CSC3)c1)N2. The van der Waals surface area contributed by atoms with Crippen molar-refractivity contribution in [3.63, 3.8) is 0 Å². The van der Waals surface area contributed by atoms with Gasteiger partial charge in [0.25, 0.3) is 0 Å². The zero-order valence-electron chi connectivity index (χ0n) is 13.8. The third kappa shape index (κ3) is 2.97. The summed E-state index contributed by atoms with van der Waals surface area (Å²) in [5.74, 6) is 4.35. The van der Waals surface area contributed by atoms with Crippen molar-refractivity contribution in [2.45, 2.75) is 24.5 Å². The number of hydrogen-bond donors (Lipinski definition) is 1. The highest BCUT2D eigenvalue weighted by Gasteiger charge is 2.38. The summed E-state index contributed by atoms with van der Waals surface area (Å²) >= 11 is 4.37. The second-order valence-corrected chi connectivity index (χ2v) is 9.38. The number of hydrogen-bond acceptors (Lipinski definition) is 3. The Bertz CT molecular complexity index is 832. The van der Waals surface area contributed by atoms with E-state index in [1.165, 1.54) is 20.4 Å². The van der Waals surface area contributed by atoms with Crippen molar-refractivity contribution < 1.29 is 4.74 Å². The summed E-state index contributed by atoms with van der Waals surface area (Å²) in [5, 5.41) is 3.82. The first-order chi connectivity index (χ1) is 12.3. The lowest BCUT2D eigenvalue weighted by atomic mass is 9.77. The Hall–Kier alpha value is -1.14. The fraction of sp³-hybridized carbons (Fsp3) is 0.333. The summed E-state index contributed by atoms with van der Waals surface area (Å²) in [4.78, 5) is 0. The first-order valence-electron chi connectivity index (χ1n) is 8.85. The summed E-state index contributed by atoms with van der Waals surface area (Å²) in [7, 11) is 0. The van der Waals surface area contributed by atoms with E-state index >= 15 is 0 Å². The fourth-order valence-electron chi connectivity index (χ4n) is 4.15. The molecule has 2 nitrogen and oxygen atoms in total. The number of benzene rings is 2. The average molecular weight is 461 g/mol. The van der Waals surface area contributed by atoms with E-state index in [0.717, 1.165) is 23.7 Å². The van der Waals surface area contributed by atoms with E-state index in [0.29, 0.717) is 24.0 Å². The first-order valence-corrected chi connectivity index (χ1v) is 11.1. The summed E-state index contributed by atoms with van der Waals surface area (Å²) in [6, 6.07) is 15.8. The molecule has 2 aromatic carbocycles. The van der Waals surface area contributed by atoms with Gasteiger partial charge in [-0.25, -0.2) is 0 Å². The molecule has 5 rings (SSSR count). The van der Waals surface area contributed by atoms with Crippen LogP contribution in [-0.2, 0) is 0 Å². The second-order valence-electron chi connectivity index (χ2n) is 7.06. The van der Waals surface area contributed by atoms with Gasteiger partial charge in [-0.2, -0.15) is 11.8 Å². The van der Waals surface area contributed by atoms with Crippen molar-refractivity contribution in [3.05, 3.63) is 69.3 Å². The highest BCUT2D eigenvalue weighted by atomic mass is 127. The fourth-order valence-corrected chi connectivity index (χ4v) is 5.23. The van der Waals surface area contributed by atoms with E-state index in [4.69, 9.17) is 4.74 Å². The van der Waals surface area contributed by atoms with Gasteiger partial charge >= 0.3 is 0 Å². The van der Waals surface area contributed by atoms with Gasteiger partial charge in [0.2, 0.25) is 0 Å². The highest BCUT2D eigenvalue weighted by Crippen LogP contribution is 2.50. The maximum atomic E-state index is 6.11. The molecule has 128 valence electrons. The zero-order chi connectivity index (χ0) is 16.8. The first kappa shape index (κ1) is 16.1. The summed E-state index contributed by atoms with van der Waals surface area (Å²) in [6.45, 7) is 0. The van der Waals surface area contributed by atoms with Gasteiger partial charge in [0.1, 0.15) is 11.9 Å². The van der Waals surface area contributed by atoms with Gasteiger partial charge in [0.05, 0.1) is 6.04 Å². The van der Waals surface area contributed by atoms with E-state index in [1.807, 2.05) is 11.8 Å². The molecule has 1 aliphatic carbocycles. The van der Waals surface area contributed by atoms with Crippen LogP contribution >= 0.6 is 34.4 Å². The molecule has 4 heteroatoms. The molecular weight excluding hydrogens is 441 g/mol. The molecule has 3 aliphatic rings. The zero-order valence-corrected chi connectivity index (χ0v) is 16.8. The van der Waals surface area contributed by atoms with Gasteiger partial charge in [0, 0.05) is 26.7 Å². The lowest BCUT2D eigenvalue weighted by molar-refractivity contribution is 0.240. The molecule has 0 unspecified atom stereocenters. The minimum absolute atomic E-state index is 0.340. The van der Waals surface area contributed by atoms with Gasteiger partial charge in [0.15, 0.2) is 0 Å². The molecule has 1 N–H and O–H groups in total. The Balaban J connectivity index is 1.48. The highest BCUT2D eigenvalue weighted by molar-refractivity contribution is 14.1. The lowest BCUT2D eigenvalue weighted by Crippen LogP contribution is -2.31. The van der Waals surface area contributed by atoms with E-state index in [-0.39, 0.29) is 0 Å². The van der Waals surface area contributed by atoms with E-state index in [2.05, 4.69) is 82.5 Å². The number of ether oxygens (including phenoxy) is 1. The molecule has 3 atom stereocenters. The van der Waals surface area contributed by atoms with Crippen LogP contribution in [0.5, 0.6) is 5.75 Å². The summed E-state index contributed by atoms with van der Waals surface area (Å²) < 4.78 is 7.42. The number of halogens is 1. The van der Waals surface area contributed by atoms with Crippen LogP contribution in [0.4, 0.5) is 5.69 Å². The Kier molecular flexibility index (Phi) is 4.20. The van der Waals surface area contributed by atoms with Crippen molar-refractivity contribution >= 4 is 40.0 Å². The number of nitrogens with one attached hydrogen (secondary N) is 1. The van der Waals surface area contributed by atoms with Crippen molar-refractivity contribution in [3.8, 4) is 5.75 Å². The molecule has 2 aromatic rings. The van der Waals surface area contributed by atoms with E-state index in [1.54, 1.807) is 0 Å². The number of rotatable bonds is 3. The maximum Gasteiger partial charge on any atom is 0.120 e. The molecule has 1 saturated heterocycles. The maximum absolute atomic E-state index is 6.11. The predicted octanol–water partition coefficient (Wildman–Crippen LogP) is 5.61. The predicted molar refractivity (Wildman–Crippen MR) is 114 cm³/mol. The van der Waals surface area contributed by atoms with Crippen molar-refractivity contribution in [1.29, 1.82) is 0 Å². The van der Waals surface area contributed by atoms with E-state index in [9.17, 15) is 0 Å². The van der Waals surface area contributed by atoms with Crippen LogP contribution in [0.3, 0.4) is 0 Å². The van der Waals surface area contributed by atoms with Crippen LogP contribution in [0.1, 0.15) is 29.5 Å². The standard InChI is InChI=1S/C21H20INOS/c22-14-7-8-20-19(10-14)17-5-2-6-18(17)21(23-20)13-3-1-4-15(9-13)24-16-11-25-12-16/h1-5,7-10,16-18,21,23H,6,11-12H2/t17-,18+,21+/m1/s1. The van der Waals surface area contributed by atoms with Gasteiger partial charge in [-0.15, -0.1) is 0 Å². The Labute approximate surface area is 166 Å². The van der Waals surface area contributed by atoms with Crippen LogP contribution < -0.4 is 10.1 Å². The number of allylic oxidation sites excluding steroid dienone is 2. The molecule has 0 amide bonds. The average Bonchev–Trinajstić information content (AvgIpc) is 3.08. The van der Waals surface area contributed by atoms with Crippen LogP contribution in [0, 0.1) is 9.49 Å². The summed E-state index contributed by atoms with van der Waals surface area (Å²) in [6.07, 6.45) is 6.28. The van der Waals surface area contributed by atoms with Crippen LogP contribution in [0.2, 0.25) is 0 Å². The van der Waals surface area contributed by atoms with Crippen LogP contribution in [0.15, 0.2) is 54.6 Å². The number of fused-ring (bicyclic) bond motifs is 3. The summed E-state index contributed by atoms with van der Waals surface area (Å²) in [5.41, 5.74) is 4.06.